The maximum absolute atomic E-state index is 13.3. The van der Waals surface area contributed by atoms with Crippen molar-refractivity contribution in [1.29, 1.82) is 0 Å². The third-order valence-corrected chi connectivity index (χ3v) is 4.57. The first kappa shape index (κ1) is 13.5. The van der Waals surface area contributed by atoms with E-state index in [2.05, 4.69) is 15.9 Å². The van der Waals surface area contributed by atoms with Crippen LogP contribution in [-0.2, 0) is 6.42 Å². The maximum atomic E-state index is 13.3. The van der Waals surface area contributed by atoms with E-state index in [0.29, 0.717) is 16.5 Å². The fourth-order valence-corrected chi connectivity index (χ4v) is 3.59. The third-order valence-electron chi connectivity index (χ3n) is 3.10. The number of thiophene rings is 1. The summed E-state index contributed by atoms with van der Waals surface area (Å²) in [6.45, 7) is 0. The van der Waals surface area contributed by atoms with Gasteiger partial charge in [0.2, 0.25) is 0 Å². The van der Waals surface area contributed by atoms with Crippen molar-refractivity contribution in [3.63, 3.8) is 0 Å². The van der Waals surface area contributed by atoms with E-state index >= 15 is 0 Å². The number of benzene rings is 2. The lowest BCUT2D eigenvalue weighted by molar-refractivity contribution is 0.0993. The Balaban J connectivity index is 1.92. The molecule has 0 fully saturated rings. The Morgan fingerprint density at radius 1 is 1.20 bits per heavy atom. The summed E-state index contributed by atoms with van der Waals surface area (Å²) in [7, 11) is 0. The van der Waals surface area contributed by atoms with Crippen LogP contribution in [0.1, 0.15) is 15.9 Å². The molecule has 100 valence electrons. The van der Waals surface area contributed by atoms with Crippen LogP contribution in [0.15, 0.2) is 52.3 Å². The van der Waals surface area contributed by atoms with Gasteiger partial charge in [0.15, 0.2) is 5.78 Å². The monoisotopic (exact) mass is 348 g/mol. The highest BCUT2D eigenvalue weighted by molar-refractivity contribution is 9.10. The lowest BCUT2D eigenvalue weighted by Crippen LogP contribution is -2.03. The summed E-state index contributed by atoms with van der Waals surface area (Å²) in [5.74, 6) is -0.480. The fourth-order valence-electron chi connectivity index (χ4n) is 2.16. The zero-order chi connectivity index (χ0) is 14.1. The zero-order valence-corrected chi connectivity index (χ0v) is 12.8. The van der Waals surface area contributed by atoms with Gasteiger partial charge in [-0.25, -0.2) is 4.39 Å². The Kier molecular flexibility index (Phi) is 3.68. The lowest BCUT2D eigenvalue weighted by Gasteiger charge is -2.02. The summed E-state index contributed by atoms with van der Waals surface area (Å²) in [4.78, 5) is 12.3. The first-order valence-corrected chi connectivity index (χ1v) is 7.75. The standard InChI is InChI=1S/C16H10BrFOS/c17-12-5-10(6-13(18)8-12)15(19)7-11-9-20-16-4-2-1-3-14(11)16/h1-6,8-9H,7H2. The molecule has 0 N–H and O–H groups in total. The summed E-state index contributed by atoms with van der Waals surface area (Å²) in [5.41, 5.74) is 1.39. The Hall–Kier alpha value is -1.52. The Morgan fingerprint density at radius 3 is 2.80 bits per heavy atom. The average Bonchev–Trinajstić information content (AvgIpc) is 2.81. The van der Waals surface area contributed by atoms with Crippen molar-refractivity contribution in [2.24, 2.45) is 0 Å². The molecule has 0 aliphatic rings. The molecule has 0 aliphatic heterocycles. The predicted octanol–water partition coefficient (Wildman–Crippen LogP) is 5.23. The number of hydrogen-bond donors (Lipinski definition) is 0. The molecule has 3 aromatic rings. The smallest absolute Gasteiger partial charge is 0.167 e. The molecule has 0 spiro atoms. The van der Waals surface area contributed by atoms with Crippen molar-refractivity contribution < 1.29 is 9.18 Å². The second kappa shape index (κ2) is 5.46. The second-order valence-corrected chi connectivity index (χ2v) is 6.34. The summed E-state index contributed by atoms with van der Waals surface area (Å²) >= 11 is 4.83. The highest BCUT2D eigenvalue weighted by Gasteiger charge is 2.12. The van der Waals surface area contributed by atoms with Gasteiger partial charge in [-0.15, -0.1) is 11.3 Å². The number of rotatable bonds is 3. The lowest BCUT2D eigenvalue weighted by atomic mass is 10.0. The van der Waals surface area contributed by atoms with Crippen molar-refractivity contribution >= 4 is 43.1 Å². The van der Waals surface area contributed by atoms with Crippen LogP contribution in [0, 0.1) is 5.82 Å². The molecule has 1 nitrogen and oxygen atoms in total. The normalized spacial score (nSPS) is 10.9. The van der Waals surface area contributed by atoms with Gasteiger partial charge in [0, 0.05) is 21.2 Å². The SMILES string of the molecule is O=C(Cc1csc2ccccc12)c1cc(F)cc(Br)c1. The fraction of sp³-hybridized carbons (Fsp3) is 0.0625. The number of fused-ring (bicyclic) bond motifs is 1. The van der Waals surface area contributed by atoms with Crippen molar-refractivity contribution in [1.82, 2.24) is 0 Å². The summed E-state index contributed by atoms with van der Waals surface area (Å²) in [5, 5.41) is 3.10. The van der Waals surface area contributed by atoms with E-state index in [4.69, 9.17) is 0 Å². The minimum atomic E-state index is -0.405. The van der Waals surface area contributed by atoms with E-state index in [1.807, 2.05) is 29.6 Å². The molecular formula is C16H10BrFOS. The molecule has 0 bridgehead atoms. The first-order chi connectivity index (χ1) is 9.63. The van der Waals surface area contributed by atoms with E-state index in [1.54, 1.807) is 17.4 Å². The quantitative estimate of drug-likeness (QED) is 0.592. The van der Waals surface area contributed by atoms with Crippen LogP contribution < -0.4 is 0 Å². The van der Waals surface area contributed by atoms with Crippen molar-refractivity contribution in [2.45, 2.75) is 6.42 Å². The Bertz CT molecular complexity index is 774. The van der Waals surface area contributed by atoms with E-state index in [0.717, 1.165) is 15.6 Å². The average molecular weight is 349 g/mol. The molecule has 20 heavy (non-hydrogen) atoms. The van der Waals surface area contributed by atoms with Gasteiger partial charge in [-0.05, 0) is 40.6 Å². The Labute approximate surface area is 128 Å². The van der Waals surface area contributed by atoms with E-state index in [-0.39, 0.29) is 5.78 Å². The van der Waals surface area contributed by atoms with Crippen LogP contribution in [0.2, 0.25) is 0 Å². The minimum Gasteiger partial charge on any atom is -0.294 e. The van der Waals surface area contributed by atoms with Crippen molar-refractivity contribution in [3.05, 3.63) is 69.3 Å². The second-order valence-electron chi connectivity index (χ2n) is 4.52. The molecule has 1 aromatic heterocycles. The van der Waals surface area contributed by atoms with E-state index < -0.39 is 5.82 Å². The van der Waals surface area contributed by atoms with Gasteiger partial charge in [0.1, 0.15) is 5.82 Å². The van der Waals surface area contributed by atoms with Crippen molar-refractivity contribution in [3.8, 4) is 0 Å². The van der Waals surface area contributed by atoms with Gasteiger partial charge in [0.25, 0.3) is 0 Å². The van der Waals surface area contributed by atoms with Gasteiger partial charge in [-0.2, -0.15) is 0 Å². The highest BCUT2D eigenvalue weighted by Crippen LogP contribution is 2.27. The van der Waals surface area contributed by atoms with Gasteiger partial charge in [-0.3, -0.25) is 4.79 Å². The molecular weight excluding hydrogens is 339 g/mol. The summed E-state index contributed by atoms with van der Waals surface area (Å²) < 4.78 is 15.1. The van der Waals surface area contributed by atoms with Crippen LogP contribution in [0.25, 0.3) is 10.1 Å². The third kappa shape index (κ3) is 2.67. The molecule has 0 aliphatic carbocycles. The molecule has 0 amide bonds. The van der Waals surface area contributed by atoms with Crippen LogP contribution >= 0.6 is 27.3 Å². The van der Waals surface area contributed by atoms with E-state index in [1.165, 1.54) is 12.1 Å². The number of carbonyl (C=O) groups is 1. The molecule has 0 saturated carbocycles. The summed E-state index contributed by atoms with van der Waals surface area (Å²) in [6.07, 6.45) is 0.292. The van der Waals surface area contributed by atoms with E-state index in [9.17, 15) is 9.18 Å². The molecule has 4 heteroatoms. The van der Waals surface area contributed by atoms with Crippen molar-refractivity contribution in [2.75, 3.05) is 0 Å². The molecule has 3 rings (SSSR count). The molecule has 0 unspecified atom stereocenters. The first-order valence-electron chi connectivity index (χ1n) is 6.08. The molecule has 2 aromatic carbocycles. The molecule has 0 radical (unpaired) electrons. The number of ketones is 1. The topological polar surface area (TPSA) is 17.1 Å². The number of Topliss-reactive ketones (excluding diaryl/α,β-unsaturated/α-hetero) is 1. The van der Waals surface area contributed by atoms with Gasteiger partial charge < -0.3 is 0 Å². The Morgan fingerprint density at radius 2 is 2.00 bits per heavy atom. The predicted molar refractivity (Wildman–Crippen MR) is 84.0 cm³/mol. The number of hydrogen-bond acceptors (Lipinski definition) is 2. The summed E-state index contributed by atoms with van der Waals surface area (Å²) in [6, 6.07) is 12.3. The molecule has 0 atom stereocenters. The van der Waals surface area contributed by atoms with Crippen LogP contribution in [0.4, 0.5) is 4.39 Å². The minimum absolute atomic E-state index is 0.0752. The number of halogens is 2. The zero-order valence-electron chi connectivity index (χ0n) is 10.4. The highest BCUT2D eigenvalue weighted by atomic mass is 79.9. The largest absolute Gasteiger partial charge is 0.294 e. The van der Waals surface area contributed by atoms with Crippen LogP contribution in [0.3, 0.4) is 0 Å². The van der Waals surface area contributed by atoms with Crippen LogP contribution in [0.5, 0.6) is 0 Å². The van der Waals surface area contributed by atoms with Gasteiger partial charge in [0.05, 0.1) is 0 Å². The molecule has 0 saturated heterocycles. The van der Waals surface area contributed by atoms with Gasteiger partial charge in [-0.1, -0.05) is 34.1 Å². The maximum Gasteiger partial charge on any atom is 0.167 e. The molecule has 1 heterocycles. The number of carbonyl (C=O) groups excluding carboxylic acids is 1. The van der Waals surface area contributed by atoms with Crippen LogP contribution in [-0.4, -0.2) is 5.78 Å². The van der Waals surface area contributed by atoms with Gasteiger partial charge >= 0.3 is 0 Å².